The molecule has 0 aliphatic carbocycles. The van der Waals surface area contributed by atoms with Crippen LogP contribution in [0.25, 0.3) is 0 Å². The van der Waals surface area contributed by atoms with Gasteiger partial charge in [-0.1, -0.05) is 0 Å². The van der Waals surface area contributed by atoms with Gasteiger partial charge in [-0.25, -0.2) is 13.1 Å². The second-order valence-corrected chi connectivity index (χ2v) is 7.66. The molecule has 2 N–H and O–H groups in total. The van der Waals surface area contributed by atoms with Crippen LogP contribution in [-0.2, 0) is 10.0 Å². The van der Waals surface area contributed by atoms with E-state index in [1.807, 2.05) is 45.0 Å². The number of azo groups is 1. The van der Waals surface area contributed by atoms with Crippen molar-refractivity contribution < 1.29 is 8.42 Å². The third kappa shape index (κ3) is 5.95. The van der Waals surface area contributed by atoms with Crippen molar-refractivity contribution in [3.63, 3.8) is 0 Å². The number of sulfonamides is 1. The third-order valence-corrected chi connectivity index (χ3v) is 4.35. The summed E-state index contributed by atoms with van der Waals surface area (Å²) in [7, 11) is -3.17. The van der Waals surface area contributed by atoms with Crippen molar-refractivity contribution in [3.8, 4) is 0 Å². The van der Waals surface area contributed by atoms with E-state index in [0.29, 0.717) is 18.9 Å². The van der Waals surface area contributed by atoms with Crippen LogP contribution in [0.3, 0.4) is 0 Å². The summed E-state index contributed by atoms with van der Waals surface area (Å²) < 4.78 is 24.8. The maximum Gasteiger partial charge on any atom is 0.208 e. The van der Waals surface area contributed by atoms with Crippen LogP contribution in [0.4, 0.5) is 17.2 Å². The molecule has 8 nitrogen and oxygen atoms in total. The van der Waals surface area contributed by atoms with Gasteiger partial charge in [0.25, 0.3) is 0 Å². The van der Waals surface area contributed by atoms with Crippen LogP contribution < -0.4 is 9.62 Å². The van der Waals surface area contributed by atoms with Crippen molar-refractivity contribution in [3.05, 3.63) is 35.5 Å². The zero-order valence-corrected chi connectivity index (χ0v) is 15.8. The van der Waals surface area contributed by atoms with E-state index in [4.69, 9.17) is 0 Å². The lowest BCUT2D eigenvalue weighted by atomic mass is 10.1. The predicted octanol–water partition coefficient (Wildman–Crippen LogP) is 2.82. The van der Waals surface area contributed by atoms with E-state index in [1.165, 1.54) is 0 Å². The highest BCUT2D eigenvalue weighted by atomic mass is 32.2. The number of hydrogen-bond donors (Lipinski definition) is 2. The minimum atomic E-state index is -3.17. The average Bonchev–Trinajstić information content (AvgIpc) is 2.95. The molecule has 136 valence electrons. The minimum Gasteiger partial charge on any atom is -0.370 e. The van der Waals surface area contributed by atoms with Gasteiger partial charge < -0.3 is 4.90 Å². The first-order valence-corrected chi connectivity index (χ1v) is 9.91. The van der Waals surface area contributed by atoms with Crippen molar-refractivity contribution in [2.45, 2.75) is 20.8 Å². The molecular weight excluding hydrogens is 340 g/mol. The lowest BCUT2D eigenvalue weighted by Gasteiger charge is -2.23. The Balaban J connectivity index is 2.07. The van der Waals surface area contributed by atoms with Gasteiger partial charge in [-0.05, 0) is 44.5 Å². The molecule has 25 heavy (non-hydrogen) atoms. The number of nitrogens with zero attached hydrogens (tertiary/aromatic N) is 4. The SMILES string of the molecule is CCN(CCNS(C)(=O)=O)c1ccc(N=Nc2cc(C)[nH]n2)c(C)c1. The number of aromatic nitrogens is 2. The number of aromatic amines is 1. The van der Waals surface area contributed by atoms with Crippen LogP contribution in [0.2, 0.25) is 0 Å². The molecule has 1 aromatic carbocycles. The normalized spacial score (nSPS) is 12.0. The molecule has 0 atom stereocenters. The summed E-state index contributed by atoms with van der Waals surface area (Å²) in [6, 6.07) is 7.70. The number of H-pyrrole nitrogens is 1. The van der Waals surface area contributed by atoms with E-state index in [2.05, 4.69) is 30.0 Å². The van der Waals surface area contributed by atoms with Gasteiger partial charge in [-0.2, -0.15) is 5.10 Å². The first kappa shape index (κ1) is 19.1. The van der Waals surface area contributed by atoms with Gasteiger partial charge in [0, 0.05) is 37.1 Å². The van der Waals surface area contributed by atoms with E-state index in [-0.39, 0.29) is 0 Å². The zero-order chi connectivity index (χ0) is 18.4. The quantitative estimate of drug-likeness (QED) is 0.703. The molecule has 0 bridgehead atoms. The van der Waals surface area contributed by atoms with Crippen LogP contribution >= 0.6 is 0 Å². The zero-order valence-electron chi connectivity index (χ0n) is 14.9. The van der Waals surface area contributed by atoms with Crippen molar-refractivity contribution >= 4 is 27.2 Å². The van der Waals surface area contributed by atoms with Crippen LogP contribution in [0.15, 0.2) is 34.5 Å². The number of benzene rings is 1. The second-order valence-electron chi connectivity index (χ2n) is 5.83. The maximum absolute atomic E-state index is 11.2. The Hall–Kier alpha value is -2.26. The molecular formula is C16H24N6O2S. The fourth-order valence-electron chi connectivity index (χ4n) is 2.34. The summed E-state index contributed by atoms with van der Waals surface area (Å²) in [6.07, 6.45) is 1.16. The van der Waals surface area contributed by atoms with Gasteiger partial charge in [0.05, 0.1) is 11.9 Å². The van der Waals surface area contributed by atoms with Gasteiger partial charge >= 0.3 is 0 Å². The standard InChI is InChI=1S/C16H24N6O2S/c1-5-22(9-8-17-25(4,23)24)14-6-7-15(12(2)10-14)19-21-16-11-13(3)18-20-16/h6-7,10-11,17H,5,8-9H2,1-4H3,(H,18,20). The summed E-state index contributed by atoms with van der Waals surface area (Å²) in [5.41, 5.74) is 3.71. The van der Waals surface area contributed by atoms with Crippen LogP contribution in [0, 0.1) is 13.8 Å². The number of anilines is 1. The molecule has 0 aliphatic rings. The number of rotatable bonds is 8. The van der Waals surface area contributed by atoms with Gasteiger partial charge in [0.2, 0.25) is 10.0 Å². The highest BCUT2D eigenvalue weighted by Gasteiger charge is 2.08. The predicted molar refractivity (Wildman–Crippen MR) is 99.4 cm³/mol. The fourth-order valence-corrected chi connectivity index (χ4v) is 2.81. The molecule has 0 radical (unpaired) electrons. The fraction of sp³-hybridized carbons (Fsp3) is 0.438. The summed E-state index contributed by atoms with van der Waals surface area (Å²) in [5.74, 6) is 0.544. The molecule has 0 aliphatic heterocycles. The number of likely N-dealkylation sites (N-methyl/N-ethyl adjacent to an activating group) is 1. The molecule has 0 spiro atoms. The molecule has 0 saturated carbocycles. The summed E-state index contributed by atoms with van der Waals surface area (Å²) in [5, 5.41) is 15.2. The van der Waals surface area contributed by atoms with E-state index < -0.39 is 10.0 Å². The van der Waals surface area contributed by atoms with Crippen LogP contribution in [0.1, 0.15) is 18.2 Å². The molecule has 9 heteroatoms. The largest absolute Gasteiger partial charge is 0.370 e. The van der Waals surface area contributed by atoms with Crippen LogP contribution in [0.5, 0.6) is 0 Å². The topological polar surface area (TPSA) is 103 Å². The van der Waals surface area contributed by atoms with Gasteiger partial charge in [-0.15, -0.1) is 10.2 Å². The number of hydrogen-bond acceptors (Lipinski definition) is 6. The minimum absolute atomic E-state index is 0.367. The smallest absolute Gasteiger partial charge is 0.208 e. The molecule has 1 heterocycles. The van der Waals surface area contributed by atoms with E-state index >= 15 is 0 Å². The first-order valence-electron chi connectivity index (χ1n) is 8.02. The van der Waals surface area contributed by atoms with E-state index in [0.717, 1.165) is 35.4 Å². The van der Waals surface area contributed by atoms with Gasteiger partial charge in [0.15, 0.2) is 5.82 Å². The highest BCUT2D eigenvalue weighted by molar-refractivity contribution is 7.88. The van der Waals surface area contributed by atoms with E-state index in [1.54, 1.807) is 0 Å². The third-order valence-electron chi connectivity index (χ3n) is 3.63. The second kappa shape index (κ2) is 8.21. The maximum atomic E-state index is 11.2. The van der Waals surface area contributed by atoms with Crippen molar-refractivity contribution in [2.24, 2.45) is 10.2 Å². The lowest BCUT2D eigenvalue weighted by molar-refractivity contribution is 0.587. The molecule has 2 rings (SSSR count). The summed E-state index contributed by atoms with van der Waals surface area (Å²) in [6.45, 7) is 7.64. The molecule has 0 unspecified atom stereocenters. The van der Waals surface area contributed by atoms with Gasteiger partial charge in [0.1, 0.15) is 0 Å². The van der Waals surface area contributed by atoms with Crippen molar-refractivity contribution in [1.82, 2.24) is 14.9 Å². The Kier molecular flexibility index (Phi) is 6.27. The number of nitrogens with one attached hydrogen (secondary N) is 2. The molecule has 0 fully saturated rings. The van der Waals surface area contributed by atoms with Crippen molar-refractivity contribution in [2.75, 3.05) is 30.8 Å². The Morgan fingerprint density at radius 3 is 2.56 bits per heavy atom. The summed E-state index contributed by atoms with van der Waals surface area (Å²) >= 11 is 0. The first-order chi connectivity index (χ1) is 11.8. The molecule has 0 amide bonds. The Labute approximate surface area is 148 Å². The Morgan fingerprint density at radius 2 is 2.00 bits per heavy atom. The lowest BCUT2D eigenvalue weighted by Crippen LogP contribution is -2.34. The molecule has 2 aromatic rings. The van der Waals surface area contributed by atoms with Crippen molar-refractivity contribution in [1.29, 1.82) is 0 Å². The number of aryl methyl sites for hydroxylation is 2. The average molecular weight is 364 g/mol. The Morgan fingerprint density at radius 1 is 1.24 bits per heavy atom. The molecule has 0 saturated heterocycles. The highest BCUT2D eigenvalue weighted by Crippen LogP contribution is 2.26. The van der Waals surface area contributed by atoms with Gasteiger partial charge in [-0.3, -0.25) is 5.10 Å². The van der Waals surface area contributed by atoms with Crippen LogP contribution in [-0.4, -0.2) is 44.5 Å². The molecule has 1 aromatic heterocycles. The Bertz CT molecular complexity index is 844. The monoisotopic (exact) mass is 364 g/mol. The summed E-state index contributed by atoms with van der Waals surface area (Å²) in [4.78, 5) is 2.10. The van der Waals surface area contributed by atoms with E-state index in [9.17, 15) is 8.42 Å².